The number of amides is 2. The number of aromatic nitrogens is 1. The predicted molar refractivity (Wildman–Crippen MR) is 136 cm³/mol. The number of nitrogens with zero attached hydrogens (tertiary/aromatic N) is 1. The van der Waals surface area contributed by atoms with E-state index in [2.05, 4.69) is 10.6 Å². The van der Waals surface area contributed by atoms with Crippen LogP contribution < -0.4 is 10.6 Å². The van der Waals surface area contributed by atoms with Crippen molar-refractivity contribution in [3.8, 4) is 0 Å². The molecular formula is C26H20ClF4N3O2S. The Kier molecular flexibility index (Phi) is 8.09. The standard InChI is InChI=1S/C26H20ClF4N3O2S/c27-19-10-9-16(26(29,30)31)13-21(19)33-24(35)15-37-23-14-34(22-8-4-2-6-18(22)23)12-11-32-25(36)17-5-1-3-7-20(17)28/h1-10,13-14H,11-12,15H2,(H,32,36)(H,33,35). The summed E-state index contributed by atoms with van der Waals surface area (Å²) in [5.74, 6) is -1.70. The number of fused-ring (bicyclic) bond motifs is 1. The number of para-hydroxylation sites is 1. The normalized spacial score (nSPS) is 11.5. The number of benzene rings is 3. The van der Waals surface area contributed by atoms with Gasteiger partial charge in [-0.25, -0.2) is 4.39 Å². The molecule has 0 saturated carbocycles. The van der Waals surface area contributed by atoms with E-state index in [4.69, 9.17) is 11.6 Å². The van der Waals surface area contributed by atoms with E-state index in [0.717, 1.165) is 34.0 Å². The maximum atomic E-state index is 13.8. The van der Waals surface area contributed by atoms with Gasteiger partial charge in [-0.3, -0.25) is 9.59 Å². The van der Waals surface area contributed by atoms with Crippen molar-refractivity contribution in [2.24, 2.45) is 0 Å². The Morgan fingerprint density at radius 1 is 1.00 bits per heavy atom. The molecule has 0 atom stereocenters. The van der Waals surface area contributed by atoms with Gasteiger partial charge in [0.05, 0.1) is 27.6 Å². The molecule has 37 heavy (non-hydrogen) atoms. The molecular weight excluding hydrogens is 530 g/mol. The van der Waals surface area contributed by atoms with Crippen molar-refractivity contribution < 1.29 is 27.2 Å². The number of anilines is 1. The molecule has 5 nitrogen and oxygen atoms in total. The van der Waals surface area contributed by atoms with E-state index < -0.39 is 29.4 Å². The second-order valence-corrected chi connectivity index (χ2v) is 9.39. The lowest BCUT2D eigenvalue weighted by Gasteiger charge is -2.11. The lowest BCUT2D eigenvalue weighted by atomic mass is 10.2. The van der Waals surface area contributed by atoms with Crippen LogP contribution in [0.2, 0.25) is 5.02 Å². The fourth-order valence-corrected chi connectivity index (χ4v) is 4.72. The molecule has 0 spiro atoms. The first kappa shape index (κ1) is 26.6. The summed E-state index contributed by atoms with van der Waals surface area (Å²) in [5.41, 5.74) is -0.199. The second kappa shape index (κ2) is 11.3. The second-order valence-electron chi connectivity index (χ2n) is 7.97. The molecule has 3 aromatic carbocycles. The van der Waals surface area contributed by atoms with E-state index in [0.29, 0.717) is 6.54 Å². The van der Waals surface area contributed by atoms with Crippen molar-refractivity contribution in [2.75, 3.05) is 17.6 Å². The van der Waals surface area contributed by atoms with E-state index in [1.54, 1.807) is 6.07 Å². The molecule has 1 heterocycles. The third-order valence-corrected chi connectivity index (χ3v) is 6.81. The first-order chi connectivity index (χ1) is 17.6. The van der Waals surface area contributed by atoms with Crippen molar-refractivity contribution in [1.29, 1.82) is 0 Å². The molecule has 0 aliphatic carbocycles. The largest absolute Gasteiger partial charge is 0.416 e. The van der Waals surface area contributed by atoms with Gasteiger partial charge in [0, 0.05) is 35.1 Å². The van der Waals surface area contributed by atoms with Gasteiger partial charge in [0.2, 0.25) is 5.91 Å². The molecule has 0 fully saturated rings. The monoisotopic (exact) mass is 549 g/mol. The number of nitrogens with one attached hydrogen (secondary N) is 2. The van der Waals surface area contributed by atoms with E-state index in [-0.39, 0.29) is 28.6 Å². The maximum absolute atomic E-state index is 13.8. The summed E-state index contributed by atoms with van der Waals surface area (Å²) in [6, 6.07) is 15.9. The molecule has 0 aliphatic rings. The van der Waals surface area contributed by atoms with Crippen LogP contribution in [0.4, 0.5) is 23.2 Å². The van der Waals surface area contributed by atoms with Gasteiger partial charge in [-0.15, -0.1) is 11.8 Å². The van der Waals surface area contributed by atoms with E-state index in [1.165, 1.54) is 30.0 Å². The van der Waals surface area contributed by atoms with Crippen LogP contribution in [0.5, 0.6) is 0 Å². The Labute approximate surface area is 218 Å². The smallest absolute Gasteiger partial charge is 0.350 e. The van der Waals surface area contributed by atoms with Gasteiger partial charge in [-0.05, 0) is 36.4 Å². The first-order valence-electron chi connectivity index (χ1n) is 11.0. The van der Waals surface area contributed by atoms with Crippen molar-refractivity contribution >= 4 is 51.8 Å². The van der Waals surface area contributed by atoms with Crippen LogP contribution >= 0.6 is 23.4 Å². The van der Waals surface area contributed by atoms with Gasteiger partial charge < -0.3 is 15.2 Å². The lowest BCUT2D eigenvalue weighted by molar-refractivity contribution is -0.137. The molecule has 4 rings (SSSR count). The molecule has 0 unspecified atom stereocenters. The molecule has 0 aliphatic heterocycles. The van der Waals surface area contributed by atoms with Crippen LogP contribution in [0, 0.1) is 5.82 Å². The molecule has 11 heteroatoms. The van der Waals surface area contributed by atoms with Crippen molar-refractivity contribution in [2.45, 2.75) is 17.6 Å². The first-order valence-corrected chi connectivity index (χ1v) is 12.4. The number of hydrogen-bond donors (Lipinski definition) is 2. The molecule has 2 amide bonds. The zero-order chi connectivity index (χ0) is 26.6. The number of rotatable bonds is 8. The number of thioether (sulfide) groups is 1. The summed E-state index contributed by atoms with van der Waals surface area (Å²) >= 11 is 7.18. The van der Waals surface area contributed by atoms with E-state index in [9.17, 15) is 27.2 Å². The molecule has 1 aromatic heterocycles. The number of carbonyl (C=O) groups is 2. The van der Waals surface area contributed by atoms with Crippen molar-refractivity contribution in [3.63, 3.8) is 0 Å². The minimum atomic E-state index is -4.56. The van der Waals surface area contributed by atoms with Crippen LogP contribution in [0.1, 0.15) is 15.9 Å². The number of hydrogen-bond acceptors (Lipinski definition) is 3. The number of carbonyl (C=O) groups excluding carboxylic acids is 2. The van der Waals surface area contributed by atoms with Gasteiger partial charge in [0.15, 0.2) is 0 Å². The molecule has 0 bridgehead atoms. The summed E-state index contributed by atoms with van der Waals surface area (Å²) in [5, 5.41) is 6.01. The quantitative estimate of drug-likeness (QED) is 0.192. The molecule has 0 radical (unpaired) electrons. The van der Waals surface area contributed by atoms with Crippen LogP contribution in [0.25, 0.3) is 10.9 Å². The van der Waals surface area contributed by atoms with E-state index >= 15 is 0 Å². The van der Waals surface area contributed by atoms with Crippen LogP contribution in [0.3, 0.4) is 0 Å². The molecule has 2 N–H and O–H groups in total. The van der Waals surface area contributed by atoms with Gasteiger partial charge in [0.25, 0.3) is 5.91 Å². The highest BCUT2D eigenvalue weighted by Gasteiger charge is 2.31. The van der Waals surface area contributed by atoms with Gasteiger partial charge in [-0.1, -0.05) is 41.9 Å². The van der Waals surface area contributed by atoms with Crippen LogP contribution in [-0.2, 0) is 17.5 Å². The Balaban J connectivity index is 1.41. The fraction of sp³-hybridized carbons (Fsp3) is 0.154. The SMILES string of the molecule is O=C(CSc1cn(CCNC(=O)c2ccccc2F)c2ccccc12)Nc1cc(C(F)(F)F)ccc1Cl. The Morgan fingerprint density at radius 3 is 2.49 bits per heavy atom. The summed E-state index contributed by atoms with van der Waals surface area (Å²) in [4.78, 5) is 25.5. The minimum Gasteiger partial charge on any atom is -0.350 e. The average Bonchev–Trinajstić information content (AvgIpc) is 3.21. The summed E-state index contributed by atoms with van der Waals surface area (Å²) < 4.78 is 54.7. The Morgan fingerprint density at radius 2 is 1.73 bits per heavy atom. The topological polar surface area (TPSA) is 63.1 Å². The van der Waals surface area contributed by atoms with Crippen LogP contribution in [0.15, 0.2) is 77.8 Å². The zero-order valence-corrected chi connectivity index (χ0v) is 20.7. The average molecular weight is 550 g/mol. The van der Waals surface area contributed by atoms with E-state index in [1.807, 2.05) is 35.0 Å². The van der Waals surface area contributed by atoms with Gasteiger partial charge in [-0.2, -0.15) is 13.2 Å². The highest BCUT2D eigenvalue weighted by atomic mass is 35.5. The van der Waals surface area contributed by atoms with Crippen molar-refractivity contribution in [1.82, 2.24) is 9.88 Å². The summed E-state index contributed by atoms with van der Waals surface area (Å²) in [7, 11) is 0. The number of halogens is 5. The Hall–Kier alpha value is -3.50. The van der Waals surface area contributed by atoms with Crippen molar-refractivity contribution in [3.05, 3.63) is 94.9 Å². The third-order valence-electron chi connectivity index (χ3n) is 5.44. The Bertz CT molecular complexity index is 1460. The highest BCUT2D eigenvalue weighted by molar-refractivity contribution is 8.00. The molecule has 4 aromatic rings. The number of alkyl halides is 3. The molecule has 0 saturated heterocycles. The van der Waals surface area contributed by atoms with Gasteiger partial charge >= 0.3 is 6.18 Å². The maximum Gasteiger partial charge on any atom is 0.416 e. The third kappa shape index (κ3) is 6.44. The van der Waals surface area contributed by atoms with Crippen LogP contribution in [-0.4, -0.2) is 28.7 Å². The highest BCUT2D eigenvalue weighted by Crippen LogP contribution is 2.34. The predicted octanol–water partition coefficient (Wildman–Crippen LogP) is 6.61. The molecule has 192 valence electrons. The van der Waals surface area contributed by atoms with Gasteiger partial charge in [0.1, 0.15) is 5.82 Å². The summed E-state index contributed by atoms with van der Waals surface area (Å²) in [6.45, 7) is 0.637. The fourth-order valence-electron chi connectivity index (χ4n) is 3.67. The lowest BCUT2D eigenvalue weighted by Crippen LogP contribution is -2.27. The zero-order valence-electron chi connectivity index (χ0n) is 19.1. The summed E-state index contributed by atoms with van der Waals surface area (Å²) in [6.07, 6.45) is -2.73. The minimum absolute atomic E-state index is 0.000355.